The van der Waals surface area contributed by atoms with Gasteiger partial charge in [-0.25, -0.2) is 0 Å². The van der Waals surface area contributed by atoms with Crippen LogP contribution in [0.1, 0.15) is 38.2 Å². The topological polar surface area (TPSA) is 87.7 Å². The number of nitrogens with zero attached hydrogens (tertiary/aromatic N) is 1. The molecule has 2 rings (SSSR count). The van der Waals surface area contributed by atoms with E-state index in [2.05, 4.69) is 17.4 Å². The first-order chi connectivity index (χ1) is 9.55. The van der Waals surface area contributed by atoms with Gasteiger partial charge in [-0.1, -0.05) is 12.1 Å². The quantitative estimate of drug-likeness (QED) is 0.344. The van der Waals surface area contributed by atoms with Crippen LogP contribution in [0.2, 0.25) is 0 Å². The van der Waals surface area contributed by atoms with Gasteiger partial charge in [-0.05, 0) is 54.0 Å². The number of thiophene rings is 1. The molecule has 0 aliphatic heterocycles. The average Bonchev–Trinajstić information content (AvgIpc) is 2.93. The van der Waals surface area contributed by atoms with Crippen LogP contribution in [0.3, 0.4) is 0 Å². The van der Waals surface area contributed by atoms with Gasteiger partial charge >= 0.3 is 0 Å². The van der Waals surface area contributed by atoms with Gasteiger partial charge in [0.25, 0.3) is 0 Å². The zero-order valence-corrected chi connectivity index (χ0v) is 12.4. The Kier molecular flexibility index (Phi) is 4.65. The van der Waals surface area contributed by atoms with Gasteiger partial charge in [-0.3, -0.25) is 4.79 Å². The van der Waals surface area contributed by atoms with E-state index in [4.69, 9.17) is 10.9 Å². The first-order valence-electron chi connectivity index (χ1n) is 6.86. The van der Waals surface area contributed by atoms with Gasteiger partial charge in [-0.15, -0.1) is 0 Å². The standard InChI is InChI=1S/C14H21N3O2S/c1-10-2-5-14(6-3-10,13(15)17-19)16-12(18)8-11-4-7-20-9-11/h4,7,9-10,19H,2-3,5-6,8H2,1H3,(H2,15,17)(H,16,18). The Bertz CT molecular complexity index is 477. The van der Waals surface area contributed by atoms with E-state index in [0.717, 1.165) is 31.2 Å². The Morgan fingerprint density at radius 3 is 2.85 bits per heavy atom. The van der Waals surface area contributed by atoms with E-state index in [-0.39, 0.29) is 11.7 Å². The lowest BCUT2D eigenvalue weighted by atomic mass is 9.76. The predicted octanol–water partition coefficient (Wildman–Crippen LogP) is 2.10. The highest BCUT2D eigenvalue weighted by molar-refractivity contribution is 7.07. The van der Waals surface area contributed by atoms with Gasteiger partial charge in [0.05, 0.1) is 6.42 Å². The van der Waals surface area contributed by atoms with Crippen LogP contribution in [0.4, 0.5) is 0 Å². The molecule has 0 saturated heterocycles. The second-order valence-corrected chi connectivity index (χ2v) is 6.39. The molecule has 1 fully saturated rings. The van der Waals surface area contributed by atoms with Gasteiger partial charge in [0, 0.05) is 0 Å². The molecule has 0 atom stereocenters. The molecule has 1 aliphatic rings. The van der Waals surface area contributed by atoms with Crippen LogP contribution in [0, 0.1) is 5.92 Å². The van der Waals surface area contributed by atoms with E-state index in [1.165, 1.54) is 0 Å². The Hall–Kier alpha value is -1.56. The molecular weight excluding hydrogens is 274 g/mol. The molecule has 1 aliphatic carbocycles. The largest absolute Gasteiger partial charge is 0.409 e. The fourth-order valence-corrected chi connectivity index (χ4v) is 3.35. The van der Waals surface area contributed by atoms with Crippen molar-refractivity contribution in [3.63, 3.8) is 0 Å². The number of nitrogens with one attached hydrogen (secondary N) is 1. The Balaban J connectivity index is 2.06. The minimum absolute atomic E-state index is 0.0791. The highest BCUT2D eigenvalue weighted by atomic mass is 32.1. The zero-order chi connectivity index (χ0) is 14.6. The average molecular weight is 295 g/mol. The second-order valence-electron chi connectivity index (χ2n) is 5.61. The predicted molar refractivity (Wildman–Crippen MR) is 79.9 cm³/mol. The van der Waals surface area contributed by atoms with Crippen molar-refractivity contribution in [3.05, 3.63) is 22.4 Å². The van der Waals surface area contributed by atoms with Crippen LogP contribution in [-0.2, 0) is 11.2 Å². The summed E-state index contributed by atoms with van der Waals surface area (Å²) in [6, 6.07) is 1.93. The summed E-state index contributed by atoms with van der Waals surface area (Å²) >= 11 is 1.57. The fraction of sp³-hybridized carbons (Fsp3) is 0.571. The molecule has 4 N–H and O–H groups in total. The molecule has 0 bridgehead atoms. The lowest BCUT2D eigenvalue weighted by molar-refractivity contribution is -0.122. The van der Waals surface area contributed by atoms with Crippen molar-refractivity contribution in [3.8, 4) is 0 Å². The van der Waals surface area contributed by atoms with Crippen LogP contribution < -0.4 is 11.1 Å². The van der Waals surface area contributed by atoms with E-state index < -0.39 is 5.54 Å². The van der Waals surface area contributed by atoms with E-state index in [9.17, 15) is 4.79 Å². The highest BCUT2D eigenvalue weighted by Gasteiger charge is 2.39. The Labute approximate surface area is 122 Å². The number of nitrogens with two attached hydrogens (primary N) is 1. The molecule has 1 heterocycles. The minimum Gasteiger partial charge on any atom is -0.409 e. The molecule has 5 nitrogen and oxygen atoms in total. The molecule has 1 saturated carbocycles. The lowest BCUT2D eigenvalue weighted by Gasteiger charge is -2.39. The maximum atomic E-state index is 12.2. The van der Waals surface area contributed by atoms with Crippen molar-refractivity contribution in [2.24, 2.45) is 16.8 Å². The number of carbonyl (C=O) groups excluding carboxylic acids is 1. The first-order valence-corrected chi connectivity index (χ1v) is 7.80. The van der Waals surface area contributed by atoms with Gasteiger partial charge in [0.2, 0.25) is 5.91 Å². The van der Waals surface area contributed by atoms with Crippen LogP contribution in [0.5, 0.6) is 0 Å². The summed E-state index contributed by atoms with van der Waals surface area (Å²) in [6.45, 7) is 2.18. The van der Waals surface area contributed by atoms with Crippen LogP contribution in [0.15, 0.2) is 22.0 Å². The molecular formula is C14H21N3O2S. The summed E-state index contributed by atoms with van der Waals surface area (Å²) in [5, 5.41) is 19.0. The number of amides is 1. The summed E-state index contributed by atoms with van der Waals surface area (Å²) in [5.74, 6) is 0.649. The number of carbonyl (C=O) groups is 1. The van der Waals surface area contributed by atoms with Gasteiger partial charge in [0.15, 0.2) is 5.84 Å². The molecule has 20 heavy (non-hydrogen) atoms. The zero-order valence-electron chi connectivity index (χ0n) is 11.6. The smallest absolute Gasteiger partial charge is 0.225 e. The van der Waals surface area contributed by atoms with Crippen molar-refractivity contribution in [1.29, 1.82) is 0 Å². The minimum atomic E-state index is -0.686. The fourth-order valence-electron chi connectivity index (χ4n) is 2.69. The van der Waals surface area contributed by atoms with Gasteiger partial charge in [0.1, 0.15) is 5.54 Å². The number of rotatable bonds is 4. The van der Waals surface area contributed by atoms with Crippen molar-refractivity contribution in [1.82, 2.24) is 5.32 Å². The third-order valence-corrected chi connectivity index (χ3v) is 4.78. The van der Waals surface area contributed by atoms with Crippen molar-refractivity contribution in [2.45, 2.75) is 44.6 Å². The third-order valence-electron chi connectivity index (χ3n) is 4.05. The normalized spacial score (nSPS) is 27.2. The monoisotopic (exact) mass is 295 g/mol. The molecule has 1 aromatic heterocycles. The van der Waals surface area contributed by atoms with Crippen LogP contribution in [0.25, 0.3) is 0 Å². The Morgan fingerprint density at radius 2 is 2.30 bits per heavy atom. The molecule has 110 valence electrons. The molecule has 0 radical (unpaired) electrons. The summed E-state index contributed by atoms with van der Waals surface area (Å²) in [7, 11) is 0. The van der Waals surface area contributed by atoms with E-state index in [1.54, 1.807) is 11.3 Å². The summed E-state index contributed by atoms with van der Waals surface area (Å²) in [6.07, 6.45) is 3.71. The number of amidine groups is 1. The van der Waals surface area contributed by atoms with Gasteiger partial charge in [-0.2, -0.15) is 11.3 Å². The molecule has 0 spiro atoms. The highest BCUT2D eigenvalue weighted by Crippen LogP contribution is 2.32. The number of oxime groups is 1. The molecule has 6 heteroatoms. The van der Waals surface area contributed by atoms with E-state index in [1.807, 2.05) is 16.8 Å². The molecule has 1 amide bonds. The molecule has 1 aromatic rings. The van der Waals surface area contributed by atoms with Crippen LogP contribution in [-0.4, -0.2) is 22.5 Å². The third kappa shape index (κ3) is 3.30. The lowest BCUT2D eigenvalue weighted by Crippen LogP contribution is -2.59. The molecule has 0 aromatic carbocycles. The van der Waals surface area contributed by atoms with E-state index in [0.29, 0.717) is 12.3 Å². The molecule has 0 unspecified atom stereocenters. The van der Waals surface area contributed by atoms with Crippen molar-refractivity contribution >= 4 is 23.1 Å². The maximum Gasteiger partial charge on any atom is 0.225 e. The first kappa shape index (κ1) is 14.8. The summed E-state index contributed by atoms with van der Waals surface area (Å²) in [4.78, 5) is 12.2. The Morgan fingerprint density at radius 1 is 1.60 bits per heavy atom. The number of hydrogen-bond donors (Lipinski definition) is 3. The SMILES string of the molecule is CC1CCC(NC(=O)Cc2ccsc2)(/C(N)=N/O)CC1. The van der Waals surface area contributed by atoms with Gasteiger partial charge < -0.3 is 16.3 Å². The summed E-state index contributed by atoms with van der Waals surface area (Å²) < 4.78 is 0. The maximum absolute atomic E-state index is 12.2. The van der Waals surface area contributed by atoms with Crippen molar-refractivity contribution < 1.29 is 10.0 Å². The van der Waals surface area contributed by atoms with Crippen molar-refractivity contribution in [2.75, 3.05) is 0 Å². The summed E-state index contributed by atoms with van der Waals surface area (Å²) in [5.41, 5.74) is 6.14. The van der Waals surface area contributed by atoms with Crippen LogP contribution >= 0.6 is 11.3 Å². The van der Waals surface area contributed by atoms with E-state index >= 15 is 0 Å². The second kappa shape index (κ2) is 6.26. The number of hydrogen-bond acceptors (Lipinski definition) is 4.